The lowest BCUT2D eigenvalue weighted by Gasteiger charge is -2.65. The average Bonchev–Trinajstić information content (AvgIpc) is 3.32. The van der Waals surface area contributed by atoms with Crippen molar-refractivity contribution in [3.8, 4) is 11.5 Å². The number of likely N-dealkylation sites (N-methyl/N-ethyl adjacent to an activating group) is 1. The molecule has 2 aromatic rings. The Morgan fingerprint density at radius 2 is 2.02 bits per heavy atom. The first-order chi connectivity index (χ1) is 20.5. The van der Waals surface area contributed by atoms with Gasteiger partial charge in [0.05, 0.1) is 30.2 Å². The lowest BCUT2D eigenvalue weighted by Crippen LogP contribution is -2.79. The Morgan fingerprint density at radius 1 is 1.23 bits per heavy atom. The number of piperidine rings is 1. The van der Waals surface area contributed by atoms with E-state index in [1.807, 2.05) is 12.1 Å². The molecule has 1 saturated carbocycles. The molecule has 10 heteroatoms. The summed E-state index contributed by atoms with van der Waals surface area (Å²) in [6.45, 7) is 6.77. The van der Waals surface area contributed by atoms with Crippen molar-refractivity contribution in [1.29, 1.82) is 0 Å². The summed E-state index contributed by atoms with van der Waals surface area (Å²) in [4.78, 5) is 30.3. The van der Waals surface area contributed by atoms with Gasteiger partial charge in [0.15, 0.2) is 11.5 Å². The summed E-state index contributed by atoms with van der Waals surface area (Å²) in [7, 11) is 3.28. The Hall–Kier alpha value is -3.79. The number of amides is 1. The number of alkyl halides is 3. The predicted molar refractivity (Wildman–Crippen MR) is 154 cm³/mol. The Bertz CT molecular complexity index is 1510. The van der Waals surface area contributed by atoms with Crippen LogP contribution in [0.2, 0.25) is 0 Å². The molecule has 0 radical (unpaired) electrons. The van der Waals surface area contributed by atoms with Crippen LogP contribution in [-0.2, 0) is 32.3 Å². The standard InChI is InChI=1S/C33H35F3N2O5/c1-5-16-38-17-15-31-28-22-10-11-25(41-4)29(28)42-30(31)24(13-14-32(31,26(38)19-22)43-20(2)39)37(3)27(40)12-9-21-7-6-8-23(18-21)33(34,35)36/h5-12,18,24,26,30H,1,13-17,19H2,2-4H3/t24-,26-,30+,31+,32-/m1/s1. The fourth-order valence-electron chi connectivity index (χ4n) is 8.24. The first-order valence-corrected chi connectivity index (χ1v) is 14.5. The summed E-state index contributed by atoms with van der Waals surface area (Å²) >= 11 is 0. The molecule has 5 atom stereocenters. The molecule has 2 heterocycles. The van der Waals surface area contributed by atoms with E-state index in [1.54, 1.807) is 19.1 Å². The number of ether oxygens (including phenoxy) is 3. The Kier molecular flexibility index (Phi) is 7.11. The topological polar surface area (TPSA) is 68.3 Å². The Morgan fingerprint density at radius 3 is 2.72 bits per heavy atom. The highest BCUT2D eigenvalue weighted by Gasteiger charge is 2.75. The largest absolute Gasteiger partial charge is 0.493 e. The molecule has 43 heavy (non-hydrogen) atoms. The van der Waals surface area contributed by atoms with E-state index in [9.17, 15) is 22.8 Å². The molecule has 2 aliphatic heterocycles. The van der Waals surface area contributed by atoms with Crippen LogP contribution >= 0.6 is 0 Å². The van der Waals surface area contributed by atoms with Crippen LogP contribution in [0.25, 0.3) is 6.08 Å². The number of hydrogen-bond donors (Lipinski definition) is 0. The number of halogens is 3. The van der Waals surface area contributed by atoms with E-state index >= 15 is 0 Å². The molecule has 4 aliphatic rings. The van der Waals surface area contributed by atoms with Gasteiger partial charge in [-0.15, -0.1) is 6.58 Å². The van der Waals surface area contributed by atoms with E-state index in [4.69, 9.17) is 14.2 Å². The average molecular weight is 597 g/mol. The first kappa shape index (κ1) is 29.3. The van der Waals surface area contributed by atoms with E-state index in [0.29, 0.717) is 43.7 Å². The van der Waals surface area contributed by atoms with Crippen LogP contribution in [0.1, 0.15) is 48.4 Å². The van der Waals surface area contributed by atoms with Gasteiger partial charge in [0, 0.05) is 38.7 Å². The van der Waals surface area contributed by atoms with Crippen molar-refractivity contribution >= 4 is 18.0 Å². The van der Waals surface area contributed by atoms with Gasteiger partial charge in [-0.3, -0.25) is 14.5 Å². The lowest BCUT2D eigenvalue weighted by atomic mass is 9.48. The zero-order valence-corrected chi connectivity index (χ0v) is 24.4. The summed E-state index contributed by atoms with van der Waals surface area (Å²) in [5.74, 6) is 0.491. The van der Waals surface area contributed by atoms with E-state index < -0.39 is 34.9 Å². The van der Waals surface area contributed by atoms with Gasteiger partial charge < -0.3 is 19.1 Å². The van der Waals surface area contributed by atoms with Gasteiger partial charge in [-0.1, -0.05) is 24.3 Å². The molecule has 2 fully saturated rings. The minimum absolute atomic E-state index is 0.108. The van der Waals surface area contributed by atoms with Crippen molar-refractivity contribution < 1.29 is 37.0 Å². The molecule has 1 amide bonds. The van der Waals surface area contributed by atoms with Gasteiger partial charge in [0.1, 0.15) is 11.7 Å². The van der Waals surface area contributed by atoms with E-state index in [1.165, 1.54) is 31.2 Å². The summed E-state index contributed by atoms with van der Waals surface area (Å²) < 4.78 is 58.6. The van der Waals surface area contributed by atoms with Crippen molar-refractivity contribution in [1.82, 2.24) is 9.80 Å². The third-order valence-electron chi connectivity index (χ3n) is 9.87. The number of carbonyl (C=O) groups is 2. The second kappa shape index (κ2) is 10.4. The highest BCUT2D eigenvalue weighted by atomic mass is 19.4. The molecule has 228 valence electrons. The molecule has 0 unspecified atom stereocenters. The Balaban J connectivity index is 1.40. The van der Waals surface area contributed by atoms with Crippen molar-refractivity contribution in [3.63, 3.8) is 0 Å². The number of likely N-dealkylation sites (tertiary alicyclic amines) is 1. The molecule has 6 rings (SSSR count). The minimum Gasteiger partial charge on any atom is -0.493 e. The van der Waals surface area contributed by atoms with Crippen LogP contribution in [0.5, 0.6) is 11.5 Å². The molecule has 0 aromatic heterocycles. The van der Waals surface area contributed by atoms with Crippen LogP contribution in [0.4, 0.5) is 13.2 Å². The van der Waals surface area contributed by atoms with Crippen LogP contribution in [-0.4, -0.2) is 72.7 Å². The van der Waals surface area contributed by atoms with Crippen LogP contribution in [0, 0.1) is 0 Å². The van der Waals surface area contributed by atoms with Gasteiger partial charge in [-0.2, -0.15) is 13.2 Å². The second-order valence-electron chi connectivity index (χ2n) is 11.9. The number of methoxy groups -OCH3 is 1. The molecule has 2 aliphatic carbocycles. The van der Waals surface area contributed by atoms with Crippen molar-refractivity contribution in [2.75, 3.05) is 27.2 Å². The summed E-state index contributed by atoms with van der Waals surface area (Å²) in [5, 5.41) is 0. The van der Waals surface area contributed by atoms with Crippen LogP contribution < -0.4 is 9.47 Å². The predicted octanol–water partition coefficient (Wildman–Crippen LogP) is 5.17. The monoisotopic (exact) mass is 596 g/mol. The summed E-state index contributed by atoms with van der Waals surface area (Å²) in [5.41, 5.74) is -0.00217. The number of benzene rings is 2. The van der Waals surface area contributed by atoms with Gasteiger partial charge >= 0.3 is 12.1 Å². The van der Waals surface area contributed by atoms with Crippen molar-refractivity contribution in [3.05, 3.63) is 77.4 Å². The minimum atomic E-state index is -4.48. The highest BCUT2D eigenvalue weighted by molar-refractivity contribution is 5.92. The number of hydrogen-bond acceptors (Lipinski definition) is 6. The summed E-state index contributed by atoms with van der Waals surface area (Å²) in [6, 6.07) is 8.31. The van der Waals surface area contributed by atoms with E-state index in [-0.39, 0.29) is 23.5 Å². The Labute approximate surface area is 248 Å². The van der Waals surface area contributed by atoms with Gasteiger partial charge in [-0.05, 0) is 61.1 Å². The number of carbonyl (C=O) groups excluding carboxylic acids is 2. The molecular weight excluding hydrogens is 561 g/mol. The maximum absolute atomic E-state index is 13.5. The van der Waals surface area contributed by atoms with E-state index in [0.717, 1.165) is 29.8 Å². The third kappa shape index (κ3) is 4.36. The molecular formula is C33H35F3N2O5. The normalized spacial score (nSPS) is 29.0. The highest BCUT2D eigenvalue weighted by Crippen LogP contribution is 2.67. The molecule has 7 nitrogen and oxygen atoms in total. The zero-order valence-electron chi connectivity index (χ0n) is 24.4. The molecule has 0 N–H and O–H groups in total. The van der Waals surface area contributed by atoms with Crippen LogP contribution in [0.3, 0.4) is 0 Å². The quantitative estimate of drug-likeness (QED) is 0.250. The summed E-state index contributed by atoms with van der Waals surface area (Å²) in [6.07, 6.45) is 1.88. The SMILES string of the molecule is C=CCN1CC[C@]23c4c5ccc(OC)c4O[C@H]2[C@H](N(C)C(=O)C=Cc2cccc(C(F)(F)F)c2)CC[C@@]3(OC(C)=O)[C@H]1C5. The fourth-order valence-corrected chi connectivity index (χ4v) is 8.24. The third-order valence-corrected chi connectivity index (χ3v) is 9.87. The smallest absolute Gasteiger partial charge is 0.416 e. The number of nitrogens with zero attached hydrogens (tertiary/aromatic N) is 2. The van der Waals surface area contributed by atoms with Gasteiger partial charge in [0.25, 0.3) is 0 Å². The van der Waals surface area contributed by atoms with Crippen LogP contribution in [0.15, 0.2) is 55.1 Å². The van der Waals surface area contributed by atoms with Crippen molar-refractivity contribution in [2.24, 2.45) is 0 Å². The van der Waals surface area contributed by atoms with Gasteiger partial charge in [-0.25, -0.2) is 0 Å². The molecule has 2 aromatic carbocycles. The van der Waals surface area contributed by atoms with Gasteiger partial charge in [0.2, 0.25) is 5.91 Å². The molecule has 2 bridgehead atoms. The zero-order chi connectivity index (χ0) is 30.7. The first-order valence-electron chi connectivity index (χ1n) is 14.5. The molecule has 1 saturated heterocycles. The second-order valence-corrected chi connectivity index (χ2v) is 11.9. The maximum atomic E-state index is 13.5. The van der Waals surface area contributed by atoms with Crippen molar-refractivity contribution in [2.45, 2.75) is 68.0 Å². The molecule has 1 spiro atoms. The number of rotatable bonds is 7. The lowest BCUT2D eigenvalue weighted by molar-refractivity contribution is -0.222. The maximum Gasteiger partial charge on any atom is 0.416 e. The number of esters is 1. The fraction of sp³-hybridized carbons (Fsp3) is 0.455. The van der Waals surface area contributed by atoms with E-state index in [2.05, 4.69) is 17.5 Å².